The van der Waals surface area contributed by atoms with Gasteiger partial charge in [0.05, 0.1) is 13.2 Å². The van der Waals surface area contributed by atoms with Gasteiger partial charge in [0.1, 0.15) is 11.6 Å². The molecule has 0 aliphatic carbocycles. The third-order valence-electron chi connectivity index (χ3n) is 4.60. The first-order valence-electron chi connectivity index (χ1n) is 9.39. The summed E-state index contributed by atoms with van der Waals surface area (Å²) >= 11 is 5.33. The van der Waals surface area contributed by atoms with Crippen molar-refractivity contribution < 1.29 is 4.74 Å². The van der Waals surface area contributed by atoms with Crippen LogP contribution in [0.1, 0.15) is 25.7 Å². The average molecular weight is 377 g/mol. The summed E-state index contributed by atoms with van der Waals surface area (Å²) in [4.78, 5) is 14.0. The van der Waals surface area contributed by atoms with Gasteiger partial charge in [0, 0.05) is 38.8 Å². The molecule has 2 fully saturated rings. The van der Waals surface area contributed by atoms with Crippen molar-refractivity contribution in [2.45, 2.75) is 25.7 Å². The van der Waals surface area contributed by atoms with E-state index in [1.54, 1.807) is 6.08 Å². The first kappa shape index (κ1) is 18.8. The third kappa shape index (κ3) is 5.28. The van der Waals surface area contributed by atoms with Crippen LogP contribution in [0.25, 0.3) is 0 Å². The molecule has 1 aromatic rings. The Hall–Kier alpha value is -1.93. The van der Waals surface area contributed by atoms with Crippen LogP contribution in [0.15, 0.2) is 18.7 Å². The summed E-state index contributed by atoms with van der Waals surface area (Å²) in [7, 11) is 0. The molecule has 7 nitrogen and oxygen atoms in total. The molecular weight excluding hydrogens is 348 g/mol. The fraction of sp³-hybridized carbons (Fsp3) is 0.611. The molecule has 2 N–H and O–H groups in total. The molecule has 0 saturated carbocycles. The highest BCUT2D eigenvalue weighted by molar-refractivity contribution is 7.80. The van der Waals surface area contributed by atoms with Crippen molar-refractivity contribution >= 4 is 34.9 Å². The van der Waals surface area contributed by atoms with E-state index in [0.717, 1.165) is 51.0 Å². The Morgan fingerprint density at radius 1 is 1.08 bits per heavy atom. The van der Waals surface area contributed by atoms with E-state index in [-0.39, 0.29) is 0 Å². The Bertz CT molecular complexity index is 612. The van der Waals surface area contributed by atoms with Crippen LogP contribution >= 0.6 is 12.2 Å². The standard InChI is InChI=1S/C18H28N6OS/c1-2-7-19-18(26)22-17-20-15(23-8-5-3-4-6-9-23)14-16(21-17)24-10-12-25-13-11-24/h2,14H,1,3-13H2,(H2,19,20,21,22,26). The second-order valence-electron chi connectivity index (χ2n) is 6.53. The normalized spacial score (nSPS) is 18.2. The quantitative estimate of drug-likeness (QED) is 0.599. The monoisotopic (exact) mass is 376 g/mol. The number of anilines is 3. The number of rotatable bonds is 5. The maximum atomic E-state index is 5.47. The molecular formula is C18H28N6OS. The van der Waals surface area contributed by atoms with E-state index in [1.165, 1.54) is 25.7 Å². The highest BCUT2D eigenvalue weighted by atomic mass is 32.1. The lowest BCUT2D eigenvalue weighted by Gasteiger charge is -2.29. The van der Waals surface area contributed by atoms with E-state index in [9.17, 15) is 0 Å². The zero-order valence-electron chi connectivity index (χ0n) is 15.2. The van der Waals surface area contributed by atoms with Gasteiger partial charge in [-0.25, -0.2) is 0 Å². The molecule has 2 aliphatic heterocycles. The minimum Gasteiger partial charge on any atom is -0.378 e. The number of hydrogen-bond acceptors (Lipinski definition) is 6. The number of morpholine rings is 1. The molecule has 2 aliphatic rings. The molecule has 0 bridgehead atoms. The van der Waals surface area contributed by atoms with E-state index in [4.69, 9.17) is 26.9 Å². The van der Waals surface area contributed by atoms with Crippen molar-refractivity contribution in [2.75, 3.05) is 61.1 Å². The van der Waals surface area contributed by atoms with Gasteiger partial charge in [-0.05, 0) is 25.1 Å². The summed E-state index contributed by atoms with van der Waals surface area (Å²) in [6.07, 6.45) is 6.76. The van der Waals surface area contributed by atoms with Gasteiger partial charge in [0.25, 0.3) is 0 Å². The second-order valence-corrected chi connectivity index (χ2v) is 6.94. The zero-order chi connectivity index (χ0) is 18.2. The highest BCUT2D eigenvalue weighted by Gasteiger charge is 2.18. The summed E-state index contributed by atoms with van der Waals surface area (Å²) in [5.74, 6) is 2.43. The maximum absolute atomic E-state index is 5.47. The van der Waals surface area contributed by atoms with Crippen molar-refractivity contribution in [3.8, 4) is 0 Å². The van der Waals surface area contributed by atoms with E-state index in [0.29, 0.717) is 17.6 Å². The smallest absolute Gasteiger partial charge is 0.232 e. The van der Waals surface area contributed by atoms with Gasteiger partial charge < -0.3 is 25.2 Å². The average Bonchev–Trinajstić information content (AvgIpc) is 2.96. The van der Waals surface area contributed by atoms with Crippen molar-refractivity contribution in [2.24, 2.45) is 0 Å². The molecule has 1 aromatic heterocycles. The van der Waals surface area contributed by atoms with Crippen molar-refractivity contribution in [3.05, 3.63) is 18.7 Å². The van der Waals surface area contributed by atoms with Gasteiger partial charge in [-0.3, -0.25) is 0 Å². The minimum atomic E-state index is 0.505. The molecule has 0 spiro atoms. The Balaban J connectivity index is 1.82. The Morgan fingerprint density at radius 3 is 2.31 bits per heavy atom. The number of thiocarbonyl (C=S) groups is 1. The lowest BCUT2D eigenvalue weighted by atomic mass is 10.2. The predicted octanol–water partition coefficient (Wildman–Crippen LogP) is 2.17. The first-order chi connectivity index (χ1) is 12.8. The molecule has 0 aromatic carbocycles. The molecule has 0 radical (unpaired) electrons. The largest absolute Gasteiger partial charge is 0.378 e. The fourth-order valence-corrected chi connectivity index (χ4v) is 3.38. The summed E-state index contributed by atoms with van der Waals surface area (Å²) in [6, 6.07) is 2.10. The van der Waals surface area contributed by atoms with Crippen LogP contribution in [-0.4, -0.2) is 61.0 Å². The first-order valence-corrected chi connectivity index (χ1v) is 9.79. The van der Waals surface area contributed by atoms with Gasteiger partial charge in [-0.15, -0.1) is 6.58 Å². The lowest BCUT2D eigenvalue weighted by Crippen LogP contribution is -2.37. The molecule has 8 heteroatoms. The lowest BCUT2D eigenvalue weighted by molar-refractivity contribution is 0.122. The van der Waals surface area contributed by atoms with E-state index < -0.39 is 0 Å². The molecule has 0 atom stereocenters. The topological polar surface area (TPSA) is 65.6 Å². The Kier molecular flexibility index (Phi) is 7.02. The van der Waals surface area contributed by atoms with Gasteiger partial charge in [0.15, 0.2) is 5.11 Å². The van der Waals surface area contributed by atoms with E-state index >= 15 is 0 Å². The second kappa shape index (κ2) is 9.68. The maximum Gasteiger partial charge on any atom is 0.232 e. The van der Waals surface area contributed by atoms with Gasteiger partial charge >= 0.3 is 0 Å². The van der Waals surface area contributed by atoms with E-state index in [1.807, 2.05) is 0 Å². The molecule has 0 unspecified atom stereocenters. The van der Waals surface area contributed by atoms with Crippen molar-refractivity contribution in [1.29, 1.82) is 0 Å². The number of aromatic nitrogens is 2. The van der Waals surface area contributed by atoms with Crippen LogP contribution < -0.4 is 20.4 Å². The summed E-state index contributed by atoms with van der Waals surface area (Å²) < 4.78 is 5.47. The summed E-state index contributed by atoms with van der Waals surface area (Å²) in [5.41, 5.74) is 0. The van der Waals surface area contributed by atoms with Crippen molar-refractivity contribution in [3.63, 3.8) is 0 Å². The number of hydrogen-bond donors (Lipinski definition) is 2. The van der Waals surface area contributed by atoms with Gasteiger partial charge in [-0.2, -0.15) is 9.97 Å². The van der Waals surface area contributed by atoms with Gasteiger partial charge in [0.2, 0.25) is 5.95 Å². The summed E-state index contributed by atoms with van der Waals surface area (Å²) in [5, 5.41) is 6.69. The highest BCUT2D eigenvalue weighted by Crippen LogP contribution is 2.24. The molecule has 3 rings (SSSR count). The SMILES string of the molecule is C=CCNC(=S)Nc1nc(N2CCCCCC2)cc(N2CCOCC2)n1. The molecule has 142 valence electrons. The van der Waals surface area contributed by atoms with Crippen LogP contribution in [0.4, 0.5) is 17.6 Å². The van der Waals surface area contributed by atoms with Crippen LogP contribution in [0.2, 0.25) is 0 Å². The minimum absolute atomic E-state index is 0.505. The number of nitrogens with zero attached hydrogens (tertiary/aromatic N) is 4. The molecule has 0 amide bonds. The molecule has 2 saturated heterocycles. The number of nitrogens with one attached hydrogen (secondary N) is 2. The van der Waals surface area contributed by atoms with Crippen LogP contribution in [0, 0.1) is 0 Å². The molecule has 3 heterocycles. The van der Waals surface area contributed by atoms with Crippen LogP contribution in [0.3, 0.4) is 0 Å². The van der Waals surface area contributed by atoms with Gasteiger partial charge in [-0.1, -0.05) is 18.9 Å². The Morgan fingerprint density at radius 2 is 1.69 bits per heavy atom. The number of ether oxygens (including phenoxy) is 1. The van der Waals surface area contributed by atoms with Crippen LogP contribution in [0.5, 0.6) is 0 Å². The third-order valence-corrected chi connectivity index (χ3v) is 4.84. The van der Waals surface area contributed by atoms with Crippen molar-refractivity contribution in [1.82, 2.24) is 15.3 Å². The van der Waals surface area contributed by atoms with Crippen LogP contribution in [-0.2, 0) is 4.74 Å². The van der Waals surface area contributed by atoms with E-state index in [2.05, 4.69) is 33.1 Å². The Labute approximate surface area is 160 Å². The fourth-order valence-electron chi connectivity index (χ4n) is 3.20. The zero-order valence-corrected chi connectivity index (χ0v) is 16.1. The predicted molar refractivity (Wildman–Crippen MR) is 110 cm³/mol. The summed E-state index contributed by atoms with van der Waals surface area (Å²) in [6.45, 7) is 9.52. The molecule has 26 heavy (non-hydrogen) atoms.